The van der Waals surface area contributed by atoms with Crippen molar-refractivity contribution in [2.24, 2.45) is 0 Å². The Bertz CT molecular complexity index is 1280. The number of carbonyl (C=O) groups is 2. The monoisotopic (exact) mass is 572 g/mol. The van der Waals surface area contributed by atoms with Crippen LogP contribution in [0.4, 0.5) is 0 Å². The summed E-state index contributed by atoms with van der Waals surface area (Å²) in [6.07, 6.45) is 0.115. The Morgan fingerprint density at radius 1 is 1.18 bits per heavy atom. The average molecular weight is 573 g/mol. The molecule has 40 heavy (non-hydrogen) atoms. The highest BCUT2D eigenvalue weighted by molar-refractivity contribution is 6.30. The number of fused-ring (bicyclic) bond motifs is 3. The summed E-state index contributed by atoms with van der Waals surface area (Å²) in [5, 5.41) is 34.2. The minimum Gasteiger partial charge on any atom is -0.493 e. The largest absolute Gasteiger partial charge is 0.493 e. The molecule has 214 valence electrons. The molecule has 2 aromatic rings. The zero-order valence-corrected chi connectivity index (χ0v) is 22.8. The van der Waals surface area contributed by atoms with Crippen LogP contribution in [-0.2, 0) is 27.5 Å². The lowest BCUT2D eigenvalue weighted by Crippen LogP contribution is -2.57. The van der Waals surface area contributed by atoms with Gasteiger partial charge in [0.25, 0.3) is 5.91 Å². The molecule has 0 radical (unpaired) electrons. The Kier molecular flexibility index (Phi) is 8.62. The van der Waals surface area contributed by atoms with Gasteiger partial charge in [-0.05, 0) is 54.3 Å². The maximum absolute atomic E-state index is 13.8. The van der Waals surface area contributed by atoms with Crippen molar-refractivity contribution in [3.8, 4) is 11.5 Å². The van der Waals surface area contributed by atoms with E-state index in [1.54, 1.807) is 42.5 Å². The van der Waals surface area contributed by atoms with Gasteiger partial charge in [-0.2, -0.15) is 0 Å². The predicted octanol–water partition coefficient (Wildman–Crippen LogP) is 1.67. The van der Waals surface area contributed by atoms with E-state index in [4.69, 9.17) is 25.8 Å². The minimum atomic E-state index is -1.22. The first-order chi connectivity index (χ1) is 19.4. The van der Waals surface area contributed by atoms with Gasteiger partial charge in [-0.15, -0.1) is 0 Å². The second-order valence-corrected chi connectivity index (χ2v) is 10.5. The summed E-state index contributed by atoms with van der Waals surface area (Å²) < 4.78 is 17.5. The number of nitrogens with zero attached hydrogens (tertiary/aromatic N) is 1. The molecule has 1 fully saturated rings. The third-order valence-electron chi connectivity index (χ3n) is 7.61. The normalized spacial score (nSPS) is 24.9. The van der Waals surface area contributed by atoms with Crippen molar-refractivity contribution in [3.05, 3.63) is 69.8 Å². The lowest BCUT2D eigenvalue weighted by Gasteiger charge is -2.41. The molecular formula is C29H33ClN2O8. The van der Waals surface area contributed by atoms with Crippen molar-refractivity contribution in [3.63, 3.8) is 0 Å². The summed E-state index contributed by atoms with van der Waals surface area (Å²) in [6.45, 7) is 0.126. The molecule has 2 amide bonds. The molecule has 5 rings (SSSR count). The number of aliphatic hydroxyl groups is 3. The van der Waals surface area contributed by atoms with Crippen LogP contribution in [0.1, 0.15) is 35.4 Å². The Morgan fingerprint density at radius 3 is 2.60 bits per heavy atom. The SMILES string of the molecule is COc1cc(CO)cc2c1O[C@@H]1[C@@H](O)[C@H](N(Cc3ccc(Cl)cc3)C(=O)C3CCCO3)C=C(C(=O)NCCO)[C@H]21. The van der Waals surface area contributed by atoms with E-state index in [0.717, 1.165) is 12.0 Å². The highest BCUT2D eigenvalue weighted by Crippen LogP contribution is 2.51. The molecule has 0 spiro atoms. The molecular weight excluding hydrogens is 540 g/mol. The van der Waals surface area contributed by atoms with E-state index in [2.05, 4.69) is 5.32 Å². The summed E-state index contributed by atoms with van der Waals surface area (Å²) in [4.78, 5) is 28.8. The van der Waals surface area contributed by atoms with Gasteiger partial charge in [-0.3, -0.25) is 9.59 Å². The second kappa shape index (κ2) is 12.2. The molecule has 5 atom stereocenters. The maximum Gasteiger partial charge on any atom is 0.252 e. The molecule has 0 aromatic heterocycles. The average Bonchev–Trinajstić information content (AvgIpc) is 3.64. The molecule has 0 bridgehead atoms. The lowest BCUT2D eigenvalue weighted by atomic mass is 9.77. The van der Waals surface area contributed by atoms with Crippen LogP contribution < -0.4 is 14.8 Å². The van der Waals surface area contributed by atoms with Crippen LogP contribution >= 0.6 is 11.6 Å². The smallest absolute Gasteiger partial charge is 0.252 e. The van der Waals surface area contributed by atoms with Crippen molar-refractivity contribution in [1.82, 2.24) is 10.2 Å². The Balaban J connectivity index is 1.59. The first kappa shape index (κ1) is 28.4. The molecule has 11 heteroatoms. The van der Waals surface area contributed by atoms with Crippen LogP contribution in [0, 0.1) is 0 Å². The zero-order chi connectivity index (χ0) is 28.4. The fraction of sp³-hybridized carbons (Fsp3) is 0.448. The summed E-state index contributed by atoms with van der Waals surface area (Å²) >= 11 is 6.08. The molecule has 1 unspecified atom stereocenters. The Morgan fingerprint density at radius 2 is 1.95 bits per heavy atom. The van der Waals surface area contributed by atoms with E-state index in [9.17, 15) is 24.9 Å². The highest BCUT2D eigenvalue weighted by Gasteiger charge is 2.52. The zero-order valence-electron chi connectivity index (χ0n) is 22.1. The van der Waals surface area contributed by atoms with E-state index in [1.165, 1.54) is 12.0 Å². The molecule has 4 N–H and O–H groups in total. The molecule has 3 aliphatic rings. The van der Waals surface area contributed by atoms with E-state index >= 15 is 0 Å². The fourth-order valence-corrected chi connectivity index (χ4v) is 5.82. The summed E-state index contributed by atoms with van der Waals surface area (Å²) in [7, 11) is 1.47. The molecule has 1 aliphatic carbocycles. The number of nitrogens with one attached hydrogen (secondary N) is 1. The van der Waals surface area contributed by atoms with Gasteiger partial charge in [0.2, 0.25) is 5.91 Å². The number of amides is 2. The van der Waals surface area contributed by atoms with E-state index < -0.39 is 36.2 Å². The minimum absolute atomic E-state index is 0.0256. The van der Waals surface area contributed by atoms with Gasteiger partial charge < -0.3 is 39.7 Å². The Hall–Kier alpha value is -3.15. The van der Waals surface area contributed by atoms with Gasteiger partial charge in [0.05, 0.1) is 32.3 Å². The standard InChI is InChI=1S/C29H33ClN2O8/c1-38-23-12-17(15-34)11-19-24-20(28(36)31-8-9-33)13-21(25(35)27(24)40-26(19)23)32(29(37)22-3-2-10-39-22)14-16-4-6-18(30)7-5-16/h4-7,11-13,21-22,24-25,27,33-35H,2-3,8-10,14-15H2,1H3,(H,31,36)/t21-,22?,24+,25+,27+/m1/s1. The first-order valence-electron chi connectivity index (χ1n) is 13.3. The highest BCUT2D eigenvalue weighted by atomic mass is 35.5. The van der Waals surface area contributed by atoms with Crippen LogP contribution in [0.5, 0.6) is 11.5 Å². The quantitative estimate of drug-likeness (QED) is 0.356. The third kappa shape index (κ3) is 5.42. The summed E-state index contributed by atoms with van der Waals surface area (Å²) in [5.74, 6) is -0.720. The van der Waals surface area contributed by atoms with Crippen LogP contribution in [0.2, 0.25) is 5.02 Å². The van der Waals surface area contributed by atoms with E-state index in [1.807, 2.05) is 0 Å². The molecule has 10 nitrogen and oxygen atoms in total. The van der Waals surface area contributed by atoms with Crippen molar-refractivity contribution in [2.45, 2.75) is 56.3 Å². The van der Waals surface area contributed by atoms with Gasteiger partial charge in [0.15, 0.2) is 11.5 Å². The van der Waals surface area contributed by atoms with Crippen LogP contribution in [0.25, 0.3) is 0 Å². The van der Waals surface area contributed by atoms with Crippen LogP contribution in [-0.4, -0.2) is 83.3 Å². The number of methoxy groups -OCH3 is 1. The molecule has 0 saturated carbocycles. The lowest BCUT2D eigenvalue weighted by molar-refractivity contribution is -0.147. The van der Waals surface area contributed by atoms with Crippen molar-refractivity contribution in [1.29, 1.82) is 0 Å². The Labute approximate surface area is 237 Å². The van der Waals surface area contributed by atoms with Crippen molar-refractivity contribution < 1.29 is 39.1 Å². The number of aliphatic hydroxyl groups excluding tert-OH is 3. The van der Waals surface area contributed by atoms with Gasteiger partial charge in [-0.1, -0.05) is 23.7 Å². The number of benzene rings is 2. The number of ether oxygens (including phenoxy) is 3. The summed E-state index contributed by atoms with van der Waals surface area (Å²) in [5.41, 5.74) is 2.22. The number of rotatable bonds is 9. The molecule has 2 aromatic carbocycles. The van der Waals surface area contributed by atoms with Crippen LogP contribution in [0.3, 0.4) is 0 Å². The molecule has 1 saturated heterocycles. The number of hydrogen-bond donors (Lipinski definition) is 4. The number of carbonyl (C=O) groups excluding carboxylic acids is 2. The van der Waals surface area contributed by atoms with Gasteiger partial charge in [-0.25, -0.2) is 0 Å². The second-order valence-electron chi connectivity index (χ2n) is 10.1. The van der Waals surface area contributed by atoms with E-state index in [0.29, 0.717) is 40.7 Å². The molecule has 2 heterocycles. The third-order valence-corrected chi connectivity index (χ3v) is 7.86. The number of hydrogen-bond acceptors (Lipinski definition) is 8. The van der Waals surface area contributed by atoms with Crippen molar-refractivity contribution in [2.75, 3.05) is 26.9 Å². The maximum atomic E-state index is 13.8. The number of halogens is 1. The predicted molar refractivity (Wildman–Crippen MR) is 145 cm³/mol. The van der Waals surface area contributed by atoms with E-state index in [-0.39, 0.29) is 37.8 Å². The first-order valence-corrected chi connectivity index (χ1v) is 13.7. The fourth-order valence-electron chi connectivity index (χ4n) is 5.69. The molecule has 2 aliphatic heterocycles. The van der Waals surface area contributed by atoms with Gasteiger partial charge in [0, 0.05) is 35.9 Å². The van der Waals surface area contributed by atoms with Gasteiger partial charge >= 0.3 is 0 Å². The van der Waals surface area contributed by atoms with Gasteiger partial charge in [0.1, 0.15) is 18.3 Å². The topological polar surface area (TPSA) is 138 Å². The summed E-state index contributed by atoms with van der Waals surface area (Å²) in [6, 6.07) is 9.50. The van der Waals surface area contributed by atoms with Crippen LogP contribution in [0.15, 0.2) is 48.0 Å². The van der Waals surface area contributed by atoms with Crippen molar-refractivity contribution >= 4 is 23.4 Å².